The largest absolute Gasteiger partial charge is 0.496 e. The summed E-state index contributed by atoms with van der Waals surface area (Å²) >= 11 is 1.28. The third-order valence-corrected chi connectivity index (χ3v) is 5.17. The minimum atomic E-state index is -0.210. The van der Waals surface area contributed by atoms with E-state index in [0.717, 1.165) is 5.56 Å². The second kappa shape index (κ2) is 9.24. The van der Waals surface area contributed by atoms with Crippen molar-refractivity contribution in [3.8, 4) is 17.1 Å². The summed E-state index contributed by atoms with van der Waals surface area (Å²) in [5.41, 5.74) is 1.87. The summed E-state index contributed by atoms with van der Waals surface area (Å²) < 4.78 is 7.20. The van der Waals surface area contributed by atoms with Gasteiger partial charge in [-0.1, -0.05) is 30.0 Å². The zero-order valence-electron chi connectivity index (χ0n) is 16.3. The minimum Gasteiger partial charge on any atom is -0.496 e. The molecule has 3 rings (SSSR count). The predicted octanol–water partition coefficient (Wildman–Crippen LogP) is 2.58. The van der Waals surface area contributed by atoms with Crippen LogP contribution in [0.15, 0.2) is 53.7 Å². The zero-order valence-corrected chi connectivity index (χ0v) is 17.1. The molecule has 2 N–H and O–H groups in total. The third kappa shape index (κ3) is 4.75. The molecule has 0 saturated carbocycles. The van der Waals surface area contributed by atoms with E-state index in [1.54, 1.807) is 38.4 Å². The molecule has 0 bridgehead atoms. The lowest BCUT2D eigenvalue weighted by Gasteiger charge is -2.08. The molecule has 0 aliphatic heterocycles. The van der Waals surface area contributed by atoms with Gasteiger partial charge in [0, 0.05) is 25.3 Å². The average Bonchev–Trinajstić information content (AvgIpc) is 3.11. The maximum Gasteiger partial charge on any atom is 0.251 e. The fourth-order valence-electron chi connectivity index (χ4n) is 2.71. The van der Waals surface area contributed by atoms with Crippen LogP contribution in [0.2, 0.25) is 0 Å². The number of aromatic nitrogens is 3. The number of hydrogen-bond acceptors (Lipinski definition) is 6. The van der Waals surface area contributed by atoms with Crippen LogP contribution in [0.4, 0.5) is 5.69 Å². The molecular formula is C20H21N5O3S. The van der Waals surface area contributed by atoms with Gasteiger partial charge in [-0.15, -0.1) is 10.2 Å². The molecule has 3 aromatic rings. The molecule has 0 saturated heterocycles. The van der Waals surface area contributed by atoms with Crippen LogP contribution in [0.3, 0.4) is 0 Å². The molecule has 2 amide bonds. The Labute approximate surface area is 172 Å². The van der Waals surface area contributed by atoms with Crippen LogP contribution in [0.5, 0.6) is 5.75 Å². The van der Waals surface area contributed by atoms with Crippen molar-refractivity contribution in [1.82, 2.24) is 20.1 Å². The van der Waals surface area contributed by atoms with Gasteiger partial charge >= 0.3 is 0 Å². The van der Waals surface area contributed by atoms with Crippen LogP contribution in [0, 0.1) is 0 Å². The summed E-state index contributed by atoms with van der Waals surface area (Å²) in [5, 5.41) is 14.4. The number of hydrogen-bond donors (Lipinski definition) is 2. The SMILES string of the molecule is CNC(=O)c1cccc(NC(=O)CSc2nnc(-c3ccccc3OC)n2C)c1. The van der Waals surface area contributed by atoms with Crippen molar-refractivity contribution in [2.24, 2.45) is 7.05 Å². The molecule has 0 spiro atoms. The number of thioether (sulfide) groups is 1. The van der Waals surface area contributed by atoms with Crippen LogP contribution < -0.4 is 15.4 Å². The third-order valence-electron chi connectivity index (χ3n) is 4.15. The number of rotatable bonds is 7. The van der Waals surface area contributed by atoms with Crippen molar-refractivity contribution < 1.29 is 14.3 Å². The number of para-hydroxylation sites is 1. The van der Waals surface area contributed by atoms with Gasteiger partial charge in [0.25, 0.3) is 5.91 Å². The van der Waals surface area contributed by atoms with Crippen LogP contribution in [0.1, 0.15) is 10.4 Å². The Kier molecular flexibility index (Phi) is 6.50. The van der Waals surface area contributed by atoms with Gasteiger partial charge in [0.2, 0.25) is 5.91 Å². The second-order valence-corrected chi connectivity index (χ2v) is 7.00. The van der Waals surface area contributed by atoms with Gasteiger partial charge < -0.3 is 19.9 Å². The standard InChI is InChI=1S/C20H21N5O3S/c1-21-19(27)13-7-6-8-14(11-13)22-17(26)12-29-20-24-23-18(25(20)2)15-9-4-5-10-16(15)28-3/h4-11H,12H2,1-3H3,(H,21,27)(H,22,26). The molecule has 2 aromatic carbocycles. The number of amides is 2. The first kappa shape index (κ1) is 20.4. The van der Waals surface area contributed by atoms with Gasteiger partial charge in [-0.25, -0.2) is 0 Å². The van der Waals surface area contributed by atoms with Gasteiger partial charge in [-0.3, -0.25) is 9.59 Å². The number of carbonyl (C=O) groups is 2. The van der Waals surface area contributed by atoms with Crippen molar-refractivity contribution in [3.63, 3.8) is 0 Å². The normalized spacial score (nSPS) is 10.4. The van der Waals surface area contributed by atoms with Gasteiger partial charge in [0.1, 0.15) is 5.75 Å². The van der Waals surface area contributed by atoms with E-state index in [0.29, 0.717) is 28.0 Å². The number of methoxy groups -OCH3 is 1. The Bertz CT molecular complexity index is 1030. The Morgan fingerprint density at radius 1 is 1.14 bits per heavy atom. The van der Waals surface area contributed by atoms with E-state index >= 15 is 0 Å². The first-order valence-electron chi connectivity index (χ1n) is 8.81. The van der Waals surface area contributed by atoms with Gasteiger partial charge in [-0.05, 0) is 30.3 Å². The molecule has 0 fully saturated rings. The van der Waals surface area contributed by atoms with Crippen molar-refractivity contribution in [2.45, 2.75) is 5.16 Å². The number of nitrogens with zero attached hydrogens (tertiary/aromatic N) is 3. The van der Waals surface area contributed by atoms with E-state index in [-0.39, 0.29) is 17.6 Å². The summed E-state index contributed by atoms with van der Waals surface area (Å²) in [6.45, 7) is 0. The molecule has 0 unspecified atom stereocenters. The molecule has 150 valence electrons. The molecule has 8 nitrogen and oxygen atoms in total. The number of benzene rings is 2. The lowest BCUT2D eigenvalue weighted by molar-refractivity contribution is -0.113. The van der Waals surface area contributed by atoms with Crippen molar-refractivity contribution in [2.75, 3.05) is 25.2 Å². The summed E-state index contributed by atoms with van der Waals surface area (Å²) in [7, 11) is 5.01. The highest BCUT2D eigenvalue weighted by Crippen LogP contribution is 2.30. The Morgan fingerprint density at radius 3 is 2.69 bits per heavy atom. The Balaban J connectivity index is 1.66. The molecule has 0 aliphatic carbocycles. The molecule has 0 atom stereocenters. The summed E-state index contributed by atoms with van der Waals surface area (Å²) in [5.74, 6) is 1.10. The lowest BCUT2D eigenvalue weighted by atomic mass is 10.2. The first-order chi connectivity index (χ1) is 14.0. The highest BCUT2D eigenvalue weighted by atomic mass is 32.2. The Morgan fingerprint density at radius 2 is 1.93 bits per heavy atom. The lowest BCUT2D eigenvalue weighted by Crippen LogP contribution is -2.19. The number of anilines is 1. The number of carbonyl (C=O) groups excluding carboxylic acids is 2. The highest BCUT2D eigenvalue weighted by Gasteiger charge is 2.16. The molecule has 29 heavy (non-hydrogen) atoms. The fraction of sp³-hybridized carbons (Fsp3) is 0.200. The van der Waals surface area contributed by atoms with Crippen LogP contribution in [-0.2, 0) is 11.8 Å². The second-order valence-electron chi connectivity index (χ2n) is 6.06. The highest BCUT2D eigenvalue weighted by molar-refractivity contribution is 7.99. The van der Waals surface area contributed by atoms with E-state index in [1.807, 2.05) is 35.9 Å². The van der Waals surface area contributed by atoms with E-state index < -0.39 is 0 Å². The first-order valence-corrected chi connectivity index (χ1v) is 9.79. The summed E-state index contributed by atoms with van der Waals surface area (Å²) in [6.07, 6.45) is 0. The van der Waals surface area contributed by atoms with Gasteiger partial charge in [-0.2, -0.15) is 0 Å². The minimum absolute atomic E-state index is 0.155. The molecule has 9 heteroatoms. The monoisotopic (exact) mass is 411 g/mol. The maximum absolute atomic E-state index is 12.3. The summed E-state index contributed by atoms with van der Waals surface area (Å²) in [6, 6.07) is 14.3. The van der Waals surface area contributed by atoms with E-state index in [1.165, 1.54) is 11.8 Å². The molecular weight excluding hydrogens is 390 g/mol. The van der Waals surface area contributed by atoms with Crippen LogP contribution >= 0.6 is 11.8 Å². The quantitative estimate of drug-likeness (QED) is 0.580. The van der Waals surface area contributed by atoms with Gasteiger partial charge in [0.05, 0.1) is 18.4 Å². The number of ether oxygens (including phenoxy) is 1. The smallest absolute Gasteiger partial charge is 0.251 e. The van der Waals surface area contributed by atoms with E-state index in [9.17, 15) is 9.59 Å². The van der Waals surface area contributed by atoms with E-state index in [2.05, 4.69) is 20.8 Å². The summed E-state index contributed by atoms with van der Waals surface area (Å²) in [4.78, 5) is 24.0. The average molecular weight is 411 g/mol. The van der Waals surface area contributed by atoms with Crippen molar-refractivity contribution in [3.05, 3.63) is 54.1 Å². The Hall–Kier alpha value is -3.33. The number of nitrogens with one attached hydrogen (secondary N) is 2. The molecule has 1 aromatic heterocycles. The molecule has 0 radical (unpaired) electrons. The zero-order chi connectivity index (χ0) is 20.8. The fourth-order valence-corrected chi connectivity index (χ4v) is 3.43. The maximum atomic E-state index is 12.3. The molecule has 1 heterocycles. The van der Waals surface area contributed by atoms with Crippen molar-refractivity contribution >= 4 is 29.3 Å². The van der Waals surface area contributed by atoms with Crippen molar-refractivity contribution in [1.29, 1.82) is 0 Å². The van der Waals surface area contributed by atoms with Gasteiger partial charge in [0.15, 0.2) is 11.0 Å². The predicted molar refractivity (Wildman–Crippen MR) is 112 cm³/mol. The molecule has 0 aliphatic rings. The van der Waals surface area contributed by atoms with Crippen LogP contribution in [-0.4, -0.2) is 46.5 Å². The topological polar surface area (TPSA) is 98.1 Å². The van der Waals surface area contributed by atoms with Crippen LogP contribution in [0.25, 0.3) is 11.4 Å². The van der Waals surface area contributed by atoms with E-state index in [4.69, 9.17) is 4.74 Å².